The maximum absolute atomic E-state index is 6.55. The molecule has 2 rings (SSSR count). The lowest BCUT2D eigenvalue weighted by atomic mass is 9.77. The van der Waals surface area contributed by atoms with Crippen molar-refractivity contribution in [3.05, 3.63) is 18.0 Å². The largest absolute Gasteiger partial charge is 0.324 e. The van der Waals surface area contributed by atoms with Gasteiger partial charge in [-0.15, -0.1) is 0 Å². The number of likely N-dealkylation sites (N-methyl/N-ethyl adjacent to an activating group) is 1. The summed E-state index contributed by atoms with van der Waals surface area (Å²) >= 11 is 0. The summed E-state index contributed by atoms with van der Waals surface area (Å²) in [7, 11) is 4.11. The minimum absolute atomic E-state index is 0.00856. The van der Waals surface area contributed by atoms with Crippen LogP contribution in [0.3, 0.4) is 0 Å². The van der Waals surface area contributed by atoms with Crippen LogP contribution >= 0.6 is 0 Å². The Morgan fingerprint density at radius 2 is 2.39 bits per heavy atom. The Morgan fingerprint density at radius 3 is 3.00 bits per heavy atom. The van der Waals surface area contributed by atoms with E-state index < -0.39 is 0 Å². The molecule has 2 unspecified atom stereocenters. The standard InChI is InChI=1S/C14H26N4/c1-12-5-4-6-14(15,7-12)11-17(2)9-13-8-16-18(3)10-13/h8,10,12H,4-7,9,11,15H2,1-3H3. The molecule has 1 aromatic rings. The quantitative estimate of drug-likeness (QED) is 0.886. The third-order valence-electron chi connectivity index (χ3n) is 3.92. The Hall–Kier alpha value is -0.870. The number of aryl methyl sites for hydroxylation is 1. The van der Waals surface area contributed by atoms with Crippen molar-refractivity contribution in [3.8, 4) is 0 Å². The molecule has 1 saturated carbocycles. The minimum Gasteiger partial charge on any atom is -0.324 e. The smallest absolute Gasteiger partial charge is 0.0534 e. The van der Waals surface area contributed by atoms with Crippen LogP contribution in [0, 0.1) is 5.92 Å². The van der Waals surface area contributed by atoms with Gasteiger partial charge >= 0.3 is 0 Å². The maximum atomic E-state index is 6.55. The van der Waals surface area contributed by atoms with E-state index in [2.05, 4.69) is 30.2 Å². The third kappa shape index (κ3) is 3.56. The summed E-state index contributed by atoms with van der Waals surface area (Å²) in [5.41, 5.74) is 7.81. The molecule has 2 N–H and O–H groups in total. The van der Waals surface area contributed by atoms with Crippen molar-refractivity contribution in [2.45, 2.75) is 44.7 Å². The molecule has 1 aromatic heterocycles. The van der Waals surface area contributed by atoms with Gasteiger partial charge in [0.1, 0.15) is 0 Å². The van der Waals surface area contributed by atoms with E-state index in [-0.39, 0.29) is 5.54 Å². The molecule has 1 heterocycles. The first-order valence-corrected chi connectivity index (χ1v) is 6.92. The monoisotopic (exact) mass is 250 g/mol. The number of rotatable bonds is 4. The summed E-state index contributed by atoms with van der Waals surface area (Å²) < 4.78 is 1.85. The molecular weight excluding hydrogens is 224 g/mol. The van der Waals surface area contributed by atoms with Gasteiger partial charge in [0.05, 0.1) is 6.20 Å². The second-order valence-corrected chi connectivity index (χ2v) is 6.26. The first-order chi connectivity index (χ1) is 8.47. The lowest BCUT2D eigenvalue weighted by Crippen LogP contribution is -2.51. The second kappa shape index (κ2) is 5.41. The molecule has 0 spiro atoms. The van der Waals surface area contributed by atoms with E-state index in [0.29, 0.717) is 0 Å². The molecule has 0 aromatic carbocycles. The number of nitrogens with zero attached hydrogens (tertiary/aromatic N) is 3. The van der Waals surface area contributed by atoms with Crippen LogP contribution in [0.1, 0.15) is 38.2 Å². The average molecular weight is 250 g/mol. The van der Waals surface area contributed by atoms with Crippen LogP contribution in [0.2, 0.25) is 0 Å². The Labute approximate surface area is 110 Å². The predicted octanol–water partition coefficient (Wildman–Crippen LogP) is 1.76. The number of hydrogen-bond donors (Lipinski definition) is 1. The fourth-order valence-corrected chi connectivity index (χ4v) is 3.30. The van der Waals surface area contributed by atoms with Crippen LogP contribution < -0.4 is 5.73 Å². The van der Waals surface area contributed by atoms with Crippen molar-refractivity contribution < 1.29 is 0 Å². The Bertz CT molecular complexity index is 387. The van der Waals surface area contributed by atoms with Gasteiger partial charge in [-0.05, 0) is 25.8 Å². The first-order valence-electron chi connectivity index (χ1n) is 6.92. The summed E-state index contributed by atoms with van der Waals surface area (Å²) in [6.07, 6.45) is 8.94. The van der Waals surface area contributed by atoms with E-state index in [1.54, 1.807) is 0 Å². The zero-order chi connectivity index (χ0) is 13.2. The van der Waals surface area contributed by atoms with Gasteiger partial charge in [-0.2, -0.15) is 5.10 Å². The highest BCUT2D eigenvalue weighted by molar-refractivity contribution is 5.03. The number of hydrogen-bond acceptors (Lipinski definition) is 3. The van der Waals surface area contributed by atoms with Gasteiger partial charge in [0.25, 0.3) is 0 Å². The van der Waals surface area contributed by atoms with E-state index in [9.17, 15) is 0 Å². The average Bonchev–Trinajstić information content (AvgIpc) is 2.62. The molecule has 1 fully saturated rings. The van der Waals surface area contributed by atoms with Crippen LogP contribution in [0.5, 0.6) is 0 Å². The van der Waals surface area contributed by atoms with Gasteiger partial charge in [0.2, 0.25) is 0 Å². The zero-order valence-electron chi connectivity index (χ0n) is 11.9. The van der Waals surface area contributed by atoms with Crippen molar-refractivity contribution in [1.82, 2.24) is 14.7 Å². The van der Waals surface area contributed by atoms with Crippen molar-refractivity contribution in [1.29, 1.82) is 0 Å². The van der Waals surface area contributed by atoms with Crippen molar-refractivity contribution >= 4 is 0 Å². The molecule has 4 heteroatoms. The van der Waals surface area contributed by atoms with Crippen molar-refractivity contribution in [2.24, 2.45) is 18.7 Å². The van der Waals surface area contributed by atoms with Crippen LogP contribution in [-0.2, 0) is 13.6 Å². The third-order valence-corrected chi connectivity index (χ3v) is 3.92. The highest BCUT2D eigenvalue weighted by Gasteiger charge is 2.31. The fraction of sp³-hybridized carbons (Fsp3) is 0.786. The van der Waals surface area contributed by atoms with E-state index in [1.807, 2.05) is 17.9 Å². The first kappa shape index (κ1) is 13.6. The van der Waals surface area contributed by atoms with Gasteiger partial charge in [0.15, 0.2) is 0 Å². The summed E-state index contributed by atoms with van der Waals surface area (Å²) in [5.74, 6) is 0.774. The normalized spacial score (nSPS) is 28.8. The second-order valence-electron chi connectivity index (χ2n) is 6.26. The lowest BCUT2D eigenvalue weighted by Gasteiger charge is -2.39. The molecular formula is C14H26N4. The van der Waals surface area contributed by atoms with E-state index >= 15 is 0 Å². The SMILES string of the molecule is CC1CCCC(N)(CN(C)Cc2cnn(C)c2)C1. The highest BCUT2D eigenvalue weighted by Crippen LogP contribution is 2.31. The molecule has 0 aliphatic heterocycles. The molecule has 102 valence electrons. The van der Waals surface area contributed by atoms with Gasteiger partial charge in [-0.3, -0.25) is 4.68 Å². The molecule has 0 amide bonds. The van der Waals surface area contributed by atoms with Gasteiger partial charge in [-0.1, -0.05) is 19.8 Å². The zero-order valence-corrected chi connectivity index (χ0v) is 11.9. The molecule has 1 aliphatic carbocycles. The Balaban J connectivity index is 1.88. The molecule has 0 bridgehead atoms. The highest BCUT2D eigenvalue weighted by atomic mass is 15.2. The summed E-state index contributed by atoms with van der Waals surface area (Å²) in [6.45, 7) is 4.23. The van der Waals surface area contributed by atoms with Crippen LogP contribution in [0.15, 0.2) is 12.4 Å². The molecule has 4 nitrogen and oxygen atoms in total. The molecule has 1 aliphatic rings. The topological polar surface area (TPSA) is 47.1 Å². The molecule has 18 heavy (non-hydrogen) atoms. The van der Waals surface area contributed by atoms with Crippen LogP contribution in [-0.4, -0.2) is 33.8 Å². The van der Waals surface area contributed by atoms with E-state index in [1.165, 1.54) is 18.4 Å². The van der Waals surface area contributed by atoms with Crippen molar-refractivity contribution in [3.63, 3.8) is 0 Å². The fourth-order valence-electron chi connectivity index (χ4n) is 3.30. The maximum Gasteiger partial charge on any atom is 0.0534 e. The van der Waals surface area contributed by atoms with Gasteiger partial charge < -0.3 is 10.6 Å². The van der Waals surface area contributed by atoms with E-state index in [0.717, 1.165) is 31.8 Å². The minimum atomic E-state index is 0.00856. The van der Waals surface area contributed by atoms with E-state index in [4.69, 9.17) is 5.73 Å². The summed E-state index contributed by atoms with van der Waals surface area (Å²) in [6, 6.07) is 0. The Morgan fingerprint density at radius 1 is 1.61 bits per heavy atom. The summed E-state index contributed by atoms with van der Waals surface area (Å²) in [5, 5.41) is 4.20. The van der Waals surface area contributed by atoms with Crippen molar-refractivity contribution in [2.75, 3.05) is 13.6 Å². The predicted molar refractivity (Wildman–Crippen MR) is 74.1 cm³/mol. The van der Waals surface area contributed by atoms with Gasteiger partial charge in [0, 0.05) is 37.4 Å². The number of aromatic nitrogens is 2. The Kier molecular flexibility index (Phi) is 4.07. The summed E-state index contributed by atoms with van der Waals surface area (Å²) in [4.78, 5) is 2.33. The van der Waals surface area contributed by atoms with Crippen LogP contribution in [0.4, 0.5) is 0 Å². The van der Waals surface area contributed by atoms with Crippen LogP contribution in [0.25, 0.3) is 0 Å². The molecule has 2 atom stereocenters. The number of nitrogens with two attached hydrogens (primary N) is 1. The lowest BCUT2D eigenvalue weighted by molar-refractivity contribution is 0.165. The molecule has 0 saturated heterocycles. The van der Waals surface area contributed by atoms with Gasteiger partial charge in [-0.25, -0.2) is 0 Å². The molecule has 0 radical (unpaired) electrons.